The van der Waals surface area contributed by atoms with Crippen LogP contribution in [-0.4, -0.2) is 47.0 Å². The van der Waals surface area contributed by atoms with Crippen LogP contribution >= 0.6 is 34.2 Å². The molecule has 2 aliphatic heterocycles. The van der Waals surface area contributed by atoms with E-state index in [1.54, 1.807) is 0 Å². The molecule has 1 aromatic rings. The van der Waals surface area contributed by atoms with Gasteiger partial charge in [-0.3, -0.25) is 4.79 Å². The van der Waals surface area contributed by atoms with E-state index in [9.17, 15) is 4.79 Å². The molecule has 22 heavy (non-hydrogen) atoms. The lowest BCUT2D eigenvalue weighted by Crippen LogP contribution is -2.61. The first-order chi connectivity index (χ1) is 10.5. The van der Waals surface area contributed by atoms with Crippen LogP contribution in [0.5, 0.6) is 0 Å². The molecular formula is C15H18ClIN4O. The second-order valence-electron chi connectivity index (χ2n) is 6.77. The molecule has 0 N–H and O–H groups in total. The van der Waals surface area contributed by atoms with Crippen molar-refractivity contribution in [3.8, 4) is 0 Å². The quantitative estimate of drug-likeness (QED) is 0.409. The Morgan fingerprint density at radius 3 is 2.55 bits per heavy atom. The van der Waals surface area contributed by atoms with Gasteiger partial charge in [-0.05, 0) is 25.7 Å². The third-order valence-electron chi connectivity index (χ3n) is 5.09. The fourth-order valence-corrected chi connectivity index (χ4v) is 4.40. The van der Waals surface area contributed by atoms with E-state index in [4.69, 9.17) is 11.6 Å². The molecule has 1 aliphatic carbocycles. The number of likely N-dealkylation sites (tertiary alicyclic amines) is 1. The molecule has 2 saturated heterocycles. The number of halogens is 2. The molecule has 3 aliphatic rings. The van der Waals surface area contributed by atoms with Gasteiger partial charge in [0.05, 0.1) is 0 Å². The average molecular weight is 433 g/mol. The monoisotopic (exact) mass is 432 g/mol. The van der Waals surface area contributed by atoms with E-state index in [1.807, 2.05) is 6.07 Å². The highest BCUT2D eigenvalue weighted by Crippen LogP contribution is 2.43. The third-order valence-corrected chi connectivity index (χ3v) is 5.77. The number of rotatable bonds is 2. The van der Waals surface area contributed by atoms with Crippen molar-refractivity contribution in [3.05, 3.63) is 15.1 Å². The number of hydrogen-bond acceptors (Lipinski definition) is 4. The maximum absolute atomic E-state index is 12.1. The Kier molecular flexibility index (Phi) is 3.71. The fraction of sp³-hybridized carbons (Fsp3) is 0.667. The zero-order chi connectivity index (χ0) is 15.3. The van der Waals surface area contributed by atoms with Crippen molar-refractivity contribution in [1.82, 2.24) is 14.9 Å². The molecule has 3 fully saturated rings. The summed E-state index contributed by atoms with van der Waals surface area (Å²) >= 11 is 8.11. The van der Waals surface area contributed by atoms with Gasteiger partial charge in [-0.15, -0.1) is 0 Å². The van der Waals surface area contributed by atoms with E-state index in [0.717, 1.165) is 57.7 Å². The second-order valence-corrected chi connectivity index (χ2v) is 8.13. The van der Waals surface area contributed by atoms with Crippen LogP contribution in [0.4, 0.5) is 5.82 Å². The Morgan fingerprint density at radius 2 is 1.95 bits per heavy atom. The van der Waals surface area contributed by atoms with Crippen molar-refractivity contribution in [2.45, 2.75) is 25.7 Å². The zero-order valence-corrected chi connectivity index (χ0v) is 15.2. The molecule has 1 aromatic heterocycles. The van der Waals surface area contributed by atoms with Crippen LogP contribution in [0.25, 0.3) is 0 Å². The molecule has 118 valence electrons. The van der Waals surface area contributed by atoms with Crippen molar-refractivity contribution in [2.75, 3.05) is 31.1 Å². The summed E-state index contributed by atoms with van der Waals surface area (Å²) in [6, 6.07) is 1.84. The van der Waals surface area contributed by atoms with Gasteiger partial charge in [0.1, 0.15) is 11.0 Å². The van der Waals surface area contributed by atoms with Crippen LogP contribution in [0.1, 0.15) is 25.7 Å². The Hall–Kier alpha value is -0.630. The highest BCUT2D eigenvalue weighted by atomic mass is 127. The number of carbonyl (C=O) groups is 1. The Bertz CT molecular complexity index is 585. The molecule has 0 atom stereocenters. The van der Waals surface area contributed by atoms with E-state index in [0.29, 0.717) is 26.2 Å². The normalized spacial score (nSPS) is 23.5. The molecule has 0 radical (unpaired) electrons. The van der Waals surface area contributed by atoms with Crippen molar-refractivity contribution < 1.29 is 4.79 Å². The van der Waals surface area contributed by atoms with Gasteiger partial charge in [0, 0.05) is 66.2 Å². The van der Waals surface area contributed by atoms with Gasteiger partial charge in [0.2, 0.25) is 5.91 Å². The first-order valence-electron chi connectivity index (χ1n) is 7.79. The number of carbonyl (C=O) groups excluding carboxylic acids is 1. The minimum absolute atomic E-state index is 0.345. The zero-order valence-electron chi connectivity index (χ0n) is 12.3. The van der Waals surface area contributed by atoms with Crippen LogP contribution in [0.15, 0.2) is 6.07 Å². The molecule has 3 heterocycles. The first kappa shape index (κ1) is 14.9. The molecule has 5 nitrogen and oxygen atoms in total. The summed E-state index contributed by atoms with van der Waals surface area (Å²) in [4.78, 5) is 25.0. The Morgan fingerprint density at radius 1 is 1.27 bits per heavy atom. The number of hydrogen-bond donors (Lipinski definition) is 0. The first-order valence-corrected chi connectivity index (χ1v) is 9.24. The predicted molar refractivity (Wildman–Crippen MR) is 92.9 cm³/mol. The summed E-state index contributed by atoms with van der Waals surface area (Å²) in [7, 11) is 0. The smallest absolute Gasteiger partial charge is 0.225 e. The van der Waals surface area contributed by atoms with Crippen molar-refractivity contribution in [3.63, 3.8) is 0 Å². The van der Waals surface area contributed by atoms with Gasteiger partial charge in [-0.25, -0.2) is 9.97 Å². The van der Waals surface area contributed by atoms with Gasteiger partial charge in [-0.2, -0.15) is 0 Å². The summed E-state index contributed by atoms with van der Waals surface area (Å²) in [6.07, 6.45) is 4.42. The van der Waals surface area contributed by atoms with Gasteiger partial charge in [-0.1, -0.05) is 11.6 Å². The molecule has 0 aromatic carbocycles. The molecule has 1 saturated carbocycles. The summed E-state index contributed by atoms with van der Waals surface area (Å²) in [5.74, 6) is 1.66. The maximum atomic E-state index is 12.1. The molecule has 4 rings (SSSR count). The van der Waals surface area contributed by atoms with Crippen molar-refractivity contribution in [2.24, 2.45) is 11.3 Å². The second kappa shape index (κ2) is 5.47. The van der Waals surface area contributed by atoms with Crippen molar-refractivity contribution in [1.29, 1.82) is 0 Å². The largest absolute Gasteiger partial charge is 0.355 e. The number of amides is 1. The summed E-state index contributed by atoms with van der Waals surface area (Å²) in [5.41, 5.74) is 0.364. The van der Waals surface area contributed by atoms with Crippen LogP contribution in [0.2, 0.25) is 5.15 Å². The molecule has 1 amide bonds. The number of anilines is 1. The fourth-order valence-electron chi connectivity index (χ4n) is 3.57. The van der Waals surface area contributed by atoms with Crippen LogP contribution in [-0.2, 0) is 4.79 Å². The van der Waals surface area contributed by atoms with E-state index >= 15 is 0 Å². The van der Waals surface area contributed by atoms with E-state index < -0.39 is 0 Å². The number of nitrogens with zero attached hydrogens (tertiary/aromatic N) is 4. The summed E-state index contributed by atoms with van der Waals surface area (Å²) in [5, 5.41) is 0.500. The SMILES string of the molecule is O=C(C1CC1)N1CCC2(CC1)CN(c1cc(Cl)nc(I)n1)C2. The van der Waals surface area contributed by atoms with Gasteiger partial charge >= 0.3 is 0 Å². The van der Waals surface area contributed by atoms with Crippen LogP contribution in [0.3, 0.4) is 0 Å². The standard InChI is InChI=1S/C15H18ClIN4O/c16-11-7-12(19-14(17)18-11)21-8-15(9-21)3-5-20(6-4-15)13(22)10-1-2-10/h7,10H,1-6,8-9H2. The van der Waals surface area contributed by atoms with Crippen LogP contribution < -0.4 is 4.90 Å². The van der Waals surface area contributed by atoms with Gasteiger partial charge in [0.25, 0.3) is 0 Å². The maximum Gasteiger partial charge on any atom is 0.225 e. The van der Waals surface area contributed by atoms with Gasteiger partial charge in [0.15, 0.2) is 3.83 Å². The molecule has 7 heteroatoms. The number of piperidine rings is 1. The summed E-state index contributed by atoms with van der Waals surface area (Å²) < 4.78 is 0.686. The minimum atomic E-state index is 0.345. The lowest BCUT2D eigenvalue weighted by molar-refractivity contribution is -0.135. The van der Waals surface area contributed by atoms with E-state index in [-0.39, 0.29) is 0 Å². The average Bonchev–Trinajstić information content (AvgIpc) is 3.27. The Labute approximate surface area is 148 Å². The minimum Gasteiger partial charge on any atom is -0.355 e. The Balaban J connectivity index is 1.36. The molecule has 0 unspecified atom stereocenters. The third kappa shape index (κ3) is 2.79. The number of aromatic nitrogens is 2. The highest BCUT2D eigenvalue weighted by molar-refractivity contribution is 14.1. The van der Waals surface area contributed by atoms with Gasteiger partial charge < -0.3 is 9.80 Å². The van der Waals surface area contributed by atoms with Crippen molar-refractivity contribution >= 4 is 45.9 Å². The van der Waals surface area contributed by atoms with Crippen LogP contribution in [0, 0.1) is 15.2 Å². The van der Waals surface area contributed by atoms with E-state index in [2.05, 4.69) is 42.4 Å². The topological polar surface area (TPSA) is 49.3 Å². The molecular weight excluding hydrogens is 415 g/mol. The molecule has 0 bridgehead atoms. The highest BCUT2D eigenvalue weighted by Gasteiger charge is 2.47. The lowest BCUT2D eigenvalue weighted by Gasteiger charge is -2.54. The summed E-state index contributed by atoms with van der Waals surface area (Å²) in [6.45, 7) is 3.88. The van der Waals surface area contributed by atoms with E-state index in [1.165, 1.54) is 0 Å². The predicted octanol–water partition coefficient (Wildman–Crippen LogP) is 2.57. The lowest BCUT2D eigenvalue weighted by atomic mass is 9.72. The molecule has 1 spiro atoms.